The first kappa shape index (κ1) is 12.2. The van der Waals surface area contributed by atoms with Gasteiger partial charge < -0.3 is 11.5 Å². The number of hydrogen-bond acceptors (Lipinski definition) is 3. The van der Waals surface area contributed by atoms with E-state index in [-0.39, 0.29) is 6.04 Å². The highest BCUT2D eigenvalue weighted by molar-refractivity contribution is 9.10. The highest BCUT2D eigenvalue weighted by Gasteiger charge is 2.28. The van der Waals surface area contributed by atoms with Gasteiger partial charge in [-0.3, -0.25) is 9.48 Å². The van der Waals surface area contributed by atoms with E-state index in [1.807, 2.05) is 13.1 Å². The summed E-state index contributed by atoms with van der Waals surface area (Å²) in [5, 5.41) is 4.12. The summed E-state index contributed by atoms with van der Waals surface area (Å²) >= 11 is 3.30. The Balaban J connectivity index is 2.71. The molecule has 84 valence electrons. The second-order valence-corrected chi connectivity index (χ2v) is 4.89. The summed E-state index contributed by atoms with van der Waals surface area (Å²) in [5.74, 6) is -0.499. The molecular weight excluding hydrogens is 260 g/mol. The van der Waals surface area contributed by atoms with Gasteiger partial charge in [-0.05, 0) is 36.2 Å². The third kappa shape index (κ3) is 3.04. The molecule has 1 amide bonds. The van der Waals surface area contributed by atoms with E-state index < -0.39 is 11.4 Å². The van der Waals surface area contributed by atoms with E-state index in [2.05, 4.69) is 21.0 Å². The van der Waals surface area contributed by atoms with Gasteiger partial charge in [0, 0.05) is 6.20 Å². The van der Waals surface area contributed by atoms with Gasteiger partial charge in [0.1, 0.15) is 0 Å². The number of halogens is 1. The lowest BCUT2D eigenvalue weighted by molar-refractivity contribution is -0.123. The molecule has 0 aromatic carbocycles. The molecule has 0 aliphatic rings. The van der Waals surface area contributed by atoms with Crippen LogP contribution in [0.4, 0.5) is 0 Å². The van der Waals surface area contributed by atoms with Gasteiger partial charge >= 0.3 is 0 Å². The maximum absolute atomic E-state index is 11.1. The van der Waals surface area contributed by atoms with Crippen molar-refractivity contribution in [2.45, 2.75) is 31.8 Å². The van der Waals surface area contributed by atoms with E-state index in [1.54, 1.807) is 17.8 Å². The van der Waals surface area contributed by atoms with Crippen molar-refractivity contribution in [3.05, 3.63) is 16.9 Å². The number of carbonyl (C=O) groups is 1. The largest absolute Gasteiger partial charge is 0.368 e. The summed E-state index contributed by atoms with van der Waals surface area (Å²) in [6.07, 6.45) is 3.98. The monoisotopic (exact) mass is 274 g/mol. The van der Waals surface area contributed by atoms with E-state index in [4.69, 9.17) is 11.5 Å². The molecule has 0 aliphatic heterocycles. The van der Waals surface area contributed by atoms with Gasteiger partial charge in [-0.1, -0.05) is 0 Å². The average Bonchev–Trinajstić information content (AvgIpc) is 2.50. The van der Waals surface area contributed by atoms with Crippen LogP contribution in [0.3, 0.4) is 0 Å². The van der Waals surface area contributed by atoms with Crippen molar-refractivity contribution in [2.75, 3.05) is 0 Å². The number of aromatic nitrogens is 2. The SMILES string of the molecule is CC(CC(C)(N)C(N)=O)n1cc(Br)cn1. The molecule has 0 saturated heterocycles. The Hall–Kier alpha value is -0.880. The molecule has 2 atom stereocenters. The molecule has 15 heavy (non-hydrogen) atoms. The molecule has 5 nitrogen and oxygen atoms in total. The molecule has 2 unspecified atom stereocenters. The van der Waals surface area contributed by atoms with Crippen LogP contribution in [0.5, 0.6) is 0 Å². The van der Waals surface area contributed by atoms with E-state index in [0.29, 0.717) is 6.42 Å². The van der Waals surface area contributed by atoms with Crippen LogP contribution < -0.4 is 11.5 Å². The van der Waals surface area contributed by atoms with Crippen molar-refractivity contribution in [2.24, 2.45) is 11.5 Å². The Kier molecular flexibility index (Phi) is 3.51. The zero-order valence-corrected chi connectivity index (χ0v) is 10.4. The number of hydrogen-bond donors (Lipinski definition) is 2. The fourth-order valence-electron chi connectivity index (χ4n) is 1.36. The van der Waals surface area contributed by atoms with Gasteiger partial charge in [0.15, 0.2) is 0 Å². The predicted octanol–water partition coefficient (Wildman–Crippen LogP) is 0.799. The molecule has 1 rings (SSSR count). The van der Waals surface area contributed by atoms with Crippen molar-refractivity contribution in [3.63, 3.8) is 0 Å². The molecule has 1 heterocycles. The summed E-state index contributed by atoms with van der Waals surface area (Å²) in [6, 6.07) is 0.0267. The van der Waals surface area contributed by atoms with Gasteiger partial charge in [0.2, 0.25) is 5.91 Å². The molecule has 4 N–H and O–H groups in total. The Morgan fingerprint density at radius 2 is 2.40 bits per heavy atom. The lowest BCUT2D eigenvalue weighted by atomic mass is 9.94. The molecule has 1 aromatic rings. The van der Waals surface area contributed by atoms with Gasteiger partial charge in [-0.15, -0.1) is 0 Å². The van der Waals surface area contributed by atoms with Crippen molar-refractivity contribution in [3.8, 4) is 0 Å². The van der Waals surface area contributed by atoms with Gasteiger partial charge in [0.05, 0.1) is 22.3 Å². The number of primary amides is 1. The van der Waals surface area contributed by atoms with Crippen LogP contribution in [0.2, 0.25) is 0 Å². The molecule has 0 fully saturated rings. The second-order valence-electron chi connectivity index (χ2n) is 3.97. The number of rotatable bonds is 4. The van der Waals surface area contributed by atoms with E-state index in [9.17, 15) is 4.79 Å². The van der Waals surface area contributed by atoms with Crippen LogP contribution >= 0.6 is 15.9 Å². The summed E-state index contributed by atoms with van der Waals surface area (Å²) in [6.45, 7) is 3.57. The van der Waals surface area contributed by atoms with E-state index in [0.717, 1.165) is 4.47 Å². The molecule has 0 saturated carbocycles. The standard InChI is InChI=1S/C9H15BrN4O/c1-6(3-9(2,12)8(11)15)14-5-7(10)4-13-14/h4-6H,3,12H2,1-2H3,(H2,11,15). The van der Waals surface area contributed by atoms with Crippen molar-refractivity contribution in [1.29, 1.82) is 0 Å². The summed E-state index contributed by atoms with van der Waals surface area (Å²) < 4.78 is 2.64. The van der Waals surface area contributed by atoms with E-state index >= 15 is 0 Å². The first-order valence-electron chi connectivity index (χ1n) is 4.61. The smallest absolute Gasteiger partial charge is 0.237 e. The third-order valence-corrected chi connectivity index (χ3v) is 2.71. The minimum Gasteiger partial charge on any atom is -0.368 e. The van der Waals surface area contributed by atoms with Gasteiger partial charge in [-0.2, -0.15) is 5.10 Å². The zero-order chi connectivity index (χ0) is 11.6. The highest BCUT2D eigenvalue weighted by Crippen LogP contribution is 2.19. The van der Waals surface area contributed by atoms with Crippen LogP contribution in [0.15, 0.2) is 16.9 Å². The number of nitrogens with zero attached hydrogens (tertiary/aromatic N) is 2. The molecule has 6 heteroatoms. The first-order valence-corrected chi connectivity index (χ1v) is 5.40. The molecule has 0 spiro atoms. The van der Waals surface area contributed by atoms with Crippen LogP contribution in [0, 0.1) is 0 Å². The van der Waals surface area contributed by atoms with Crippen molar-refractivity contribution in [1.82, 2.24) is 9.78 Å². The maximum atomic E-state index is 11.1. The van der Waals surface area contributed by atoms with Crippen LogP contribution in [-0.2, 0) is 4.79 Å². The maximum Gasteiger partial charge on any atom is 0.237 e. The Morgan fingerprint density at radius 3 is 2.80 bits per heavy atom. The Labute approximate surface area is 96.9 Å². The van der Waals surface area contributed by atoms with Crippen LogP contribution in [-0.4, -0.2) is 21.2 Å². The lowest BCUT2D eigenvalue weighted by Gasteiger charge is -2.24. The highest BCUT2D eigenvalue weighted by atomic mass is 79.9. The molecular formula is C9H15BrN4O. The fourth-order valence-corrected chi connectivity index (χ4v) is 1.67. The molecule has 1 aromatic heterocycles. The minimum absolute atomic E-state index is 0.0267. The number of carbonyl (C=O) groups excluding carboxylic acids is 1. The van der Waals surface area contributed by atoms with E-state index in [1.165, 1.54) is 0 Å². The normalized spacial score (nSPS) is 17.1. The summed E-state index contributed by atoms with van der Waals surface area (Å²) in [7, 11) is 0. The van der Waals surface area contributed by atoms with Crippen molar-refractivity contribution >= 4 is 21.8 Å². The number of nitrogens with two attached hydrogens (primary N) is 2. The van der Waals surface area contributed by atoms with Crippen LogP contribution in [0.1, 0.15) is 26.3 Å². The van der Waals surface area contributed by atoms with Gasteiger partial charge in [0.25, 0.3) is 0 Å². The number of amides is 1. The Morgan fingerprint density at radius 1 is 1.80 bits per heavy atom. The molecule has 0 radical (unpaired) electrons. The molecule has 0 bridgehead atoms. The van der Waals surface area contributed by atoms with Crippen LogP contribution in [0.25, 0.3) is 0 Å². The summed E-state index contributed by atoms with van der Waals surface area (Å²) in [4.78, 5) is 11.1. The second kappa shape index (κ2) is 4.32. The third-order valence-electron chi connectivity index (χ3n) is 2.30. The Bertz CT molecular complexity index is 361. The first-order chi connectivity index (χ1) is 6.83. The topological polar surface area (TPSA) is 86.9 Å². The predicted molar refractivity (Wildman–Crippen MR) is 61.0 cm³/mol. The summed E-state index contributed by atoms with van der Waals surface area (Å²) in [5.41, 5.74) is 9.97. The lowest BCUT2D eigenvalue weighted by Crippen LogP contribution is -2.50. The fraction of sp³-hybridized carbons (Fsp3) is 0.556. The van der Waals surface area contributed by atoms with Crippen molar-refractivity contribution < 1.29 is 4.79 Å². The van der Waals surface area contributed by atoms with Gasteiger partial charge in [-0.25, -0.2) is 0 Å². The quantitative estimate of drug-likeness (QED) is 0.852. The molecule has 0 aliphatic carbocycles. The average molecular weight is 275 g/mol. The minimum atomic E-state index is -1.00. The zero-order valence-electron chi connectivity index (χ0n) is 8.77.